The Morgan fingerprint density at radius 2 is 1.95 bits per heavy atom. The van der Waals surface area contributed by atoms with Crippen molar-refractivity contribution >= 4 is 17.5 Å². The van der Waals surface area contributed by atoms with Crippen molar-refractivity contribution in [2.24, 2.45) is 0 Å². The first-order chi connectivity index (χ1) is 9.69. The molecule has 2 aromatic heterocycles. The van der Waals surface area contributed by atoms with Gasteiger partial charge in [0.2, 0.25) is 0 Å². The molecule has 0 atom stereocenters. The van der Waals surface area contributed by atoms with Gasteiger partial charge in [-0.25, -0.2) is 4.98 Å². The zero-order valence-corrected chi connectivity index (χ0v) is 11.8. The minimum absolute atomic E-state index is 0.601. The Morgan fingerprint density at radius 3 is 2.65 bits per heavy atom. The van der Waals surface area contributed by atoms with Gasteiger partial charge in [0.1, 0.15) is 11.4 Å². The molecule has 98 valence electrons. The fraction of sp³-hybridized carbons (Fsp3) is 0.143. The van der Waals surface area contributed by atoms with E-state index in [1.165, 1.54) is 6.33 Å². The van der Waals surface area contributed by atoms with Crippen molar-refractivity contribution < 1.29 is 0 Å². The van der Waals surface area contributed by atoms with Gasteiger partial charge in [0, 0.05) is 16.2 Å². The fourth-order valence-electron chi connectivity index (χ4n) is 1.83. The van der Waals surface area contributed by atoms with Crippen molar-refractivity contribution in [3.63, 3.8) is 0 Å². The van der Waals surface area contributed by atoms with E-state index in [4.69, 9.17) is 5.26 Å². The molecule has 0 bridgehead atoms. The molecular formula is C14H11N5S. The Morgan fingerprint density at radius 1 is 1.20 bits per heavy atom. The van der Waals surface area contributed by atoms with Gasteiger partial charge in [0.15, 0.2) is 0 Å². The lowest BCUT2D eigenvalue weighted by molar-refractivity contribution is 0.814. The minimum atomic E-state index is 0.601. The second-order valence-corrected chi connectivity index (χ2v) is 5.40. The van der Waals surface area contributed by atoms with Crippen LogP contribution in [0.3, 0.4) is 0 Å². The molecule has 0 aliphatic heterocycles. The van der Waals surface area contributed by atoms with Crippen LogP contribution >= 0.6 is 11.8 Å². The molecule has 0 N–H and O–H groups in total. The second-order valence-electron chi connectivity index (χ2n) is 4.34. The molecular weight excluding hydrogens is 270 g/mol. The SMILES string of the molecule is Cc1nc2ncnn2c(Sc2ccc(C#N)cc2)c1C. The average Bonchev–Trinajstić information content (AvgIpc) is 2.92. The summed E-state index contributed by atoms with van der Waals surface area (Å²) in [7, 11) is 0. The fourth-order valence-corrected chi connectivity index (χ4v) is 2.84. The van der Waals surface area contributed by atoms with E-state index >= 15 is 0 Å². The predicted molar refractivity (Wildman–Crippen MR) is 75.5 cm³/mol. The third-order valence-corrected chi connectivity index (χ3v) is 4.23. The molecule has 0 saturated carbocycles. The van der Waals surface area contributed by atoms with Crippen LogP contribution in [-0.2, 0) is 0 Å². The van der Waals surface area contributed by atoms with Gasteiger partial charge in [-0.3, -0.25) is 0 Å². The maximum Gasteiger partial charge on any atom is 0.253 e. The van der Waals surface area contributed by atoms with Gasteiger partial charge < -0.3 is 0 Å². The van der Waals surface area contributed by atoms with E-state index in [1.54, 1.807) is 16.3 Å². The zero-order valence-electron chi connectivity index (χ0n) is 11.0. The molecule has 0 unspecified atom stereocenters. The average molecular weight is 281 g/mol. The van der Waals surface area contributed by atoms with Gasteiger partial charge in [-0.2, -0.15) is 19.9 Å². The number of nitriles is 1. The molecule has 20 heavy (non-hydrogen) atoms. The molecule has 0 saturated heterocycles. The summed E-state index contributed by atoms with van der Waals surface area (Å²) in [6.45, 7) is 3.99. The van der Waals surface area contributed by atoms with Crippen molar-refractivity contribution in [3.05, 3.63) is 47.4 Å². The molecule has 0 fully saturated rings. The van der Waals surface area contributed by atoms with Crippen molar-refractivity contribution in [1.82, 2.24) is 19.6 Å². The second kappa shape index (κ2) is 4.94. The third-order valence-electron chi connectivity index (χ3n) is 3.05. The number of aromatic nitrogens is 4. The largest absolute Gasteiger partial charge is 0.253 e. The van der Waals surface area contributed by atoms with Crippen molar-refractivity contribution in [1.29, 1.82) is 5.26 Å². The quantitative estimate of drug-likeness (QED) is 0.676. The summed E-state index contributed by atoms with van der Waals surface area (Å²) in [4.78, 5) is 9.58. The van der Waals surface area contributed by atoms with Gasteiger partial charge in [0.05, 0.1) is 11.6 Å². The van der Waals surface area contributed by atoms with Crippen LogP contribution in [-0.4, -0.2) is 19.6 Å². The molecule has 2 heterocycles. The van der Waals surface area contributed by atoms with E-state index in [0.717, 1.165) is 21.2 Å². The zero-order chi connectivity index (χ0) is 14.1. The number of fused-ring (bicyclic) bond motifs is 1. The van der Waals surface area contributed by atoms with E-state index in [2.05, 4.69) is 21.1 Å². The van der Waals surface area contributed by atoms with E-state index in [0.29, 0.717) is 11.3 Å². The van der Waals surface area contributed by atoms with E-state index in [1.807, 2.05) is 38.1 Å². The van der Waals surface area contributed by atoms with E-state index in [-0.39, 0.29) is 0 Å². The highest BCUT2D eigenvalue weighted by Crippen LogP contribution is 2.31. The Labute approximate surface area is 120 Å². The van der Waals surface area contributed by atoms with Gasteiger partial charge in [0.25, 0.3) is 5.78 Å². The number of rotatable bonds is 2. The van der Waals surface area contributed by atoms with Gasteiger partial charge in [-0.05, 0) is 38.1 Å². The predicted octanol–water partition coefficient (Wildman–Crippen LogP) is 2.76. The molecule has 0 aliphatic rings. The molecule has 1 aromatic carbocycles. The molecule has 5 nitrogen and oxygen atoms in total. The topological polar surface area (TPSA) is 66.9 Å². The molecule has 0 radical (unpaired) electrons. The van der Waals surface area contributed by atoms with Crippen LogP contribution in [0.15, 0.2) is 40.5 Å². The van der Waals surface area contributed by atoms with E-state index < -0.39 is 0 Å². The number of benzene rings is 1. The number of nitrogens with zero attached hydrogens (tertiary/aromatic N) is 5. The minimum Gasteiger partial charge on any atom is -0.216 e. The molecule has 3 aromatic rings. The lowest BCUT2D eigenvalue weighted by Gasteiger charge is -2.09. The van der Waals surface area contributed by atoms with E-state index in [9.17, 15) is 0 Å². The summed E-state index contributed by atoms with van der Waals surface area (Å²) in [6.07, 6.45) is 1.50. The summed E-state index contributed by atoms with van der Waals surface area (Å²) in [6, 6.07) is 9.60. The van der Waals surface area contributed by atoms with Crippen LogP contribution in [0, 0.1) is 25.2 Å². The highest BCUT2D eigenvalue weighted by Gasteiger charge is 2.12. The van der Waals surface area contributed by atoms with Gasteiger partial charge in [-0.15, -0.1) is 0 Å². The van der Waals surface area contributed by atoms with Crippen molar-refractivity contribution in [2.45, 2.75) is 23.8 Å². The maximum atomic E-state index is 8.82. The lowest BCUT2D eigenvalue weighted by atomic mass is 10.2. The highest BCUT2D eigenvalue weighted by atomic mass is 32.2. The molecule has 0 spiro atoms. The van der Waals surface area contributed by atoms with Gasteiger partial charge in [-0.1, -0.05) is 11.8 Å². The lowest BCUT2D eigenvalue weighted by Crippen LogP contribution is -2.01. The summed E-state index contributed by atoms with van der Waals surface area (Å²) in [5, 5.41) is 14.0. The van der Waals surface area contributed by atoms with Crippen molar-refractivity contribution in [2.75, 3.05) is 0 Å². The van der Waals surface area contributed by atoms with Crippen molar-refractivity contribution in [3.8, 4) is 6.07 Å². The van der Waals surface area contributed by atoms with Gasteiger partial charge >= 0.3 is 0 Å². The molecule has 0 aliphatic carbocycles. The smallest absolute Gasteiger partial charge is 0.216 e. The van der Waals surface area contributed by atoms with Crippen LogP contribution in [0.25, 0.3) is 5.78 Å². The van der Waals surface area contributed by atoms with Crippen LogP contribution in [0.5, 0.6) is 0 Å². The summed E-state index contributed by atoms with van der Waals surface area (Å²) in [5.74, 6) is 0.601. The number of hydrogen-bond donors (Lipinski definition) is 0. The molecule has 3 rings (SSSR count). The molecule has 0 amide bonds. The number of aryl methyl sites for hydroxylation is 1. The number of hydrogen-bond acceptors (Lipinski definition) is 5. The monoisotopic (exact) mass is 281 g/mol. The van der Waals surface area contributed by atoms with Crippen LogP contribution in [0.2, 0.25) is 0 Å². The Bertz CT molecular complexity index is 814. The summed E-state index contributed by atoms with van der Waals surface area (Å²) < 4.78 is 1.74. The first-order valence-electron chi connectivity index (χ1n) is 6.04. The third kappa shape index (κ3) is 2.12. The first kappa shape index (κ1) is 12.6. The Hall–Kier alpha value is -2.39. The highest BCUT2D eigenvalue weighted by molar-refractivity contribution is 7.99. The summed E-state index contributed by atoms with van der Waals surface area (Å²) >= 11 is 1.59. The summed E-state index contributed by atoms with van der Waals surface area (Å²) in [5.41, 5.74) is 2.68. The van der Waals surface area contributed by atoms with Crippen LogP contribution in [0.4, 0.5) is 0 Å². The standard InChI is InChI=1S/C14H11N5S/c1-9-10(2)18-14-16-8-17-19(14)13(9)20-12-5-3-11(7-15)4-6-12/h3-6,8H,1-2H3. The Balaban J connectivity index is 2.07. The first-order valence-corrected chi connectivity index (χ1v) is 6.85. The van der Waals surface area contributed by atoms with Crippen LogP contribution in [0.1, 0.15) is 16.8 Å². The Kier molecular flexibility index (Phi) is 3.12. The normalized spacial score (nSPS) is 10.7. The van der Waals surface area contributed by atoms with Crippen LogP contribution < -0.4 is 0 Å². The molecule has 6 heteroatoms. The maximum absolute atomic E-state index is 8.82.